The van der Waals surface area contributed by atoms with Gasteiger partial charge in [-0.3, -0.25) is 15.6 Å². The number of hydrazine groups is 1. The summed E-state index contributed by atoms with van der Waals surface area (Å²) in [6, 6.07) is 3.36. The van der Waals surface area contributed by atoms with Crippen molar-refractivity contribution in [1.82, 2.24) is 15.2 Å². The van der Waals surface area contributed by atoms with E-state index in [1.807, 2.05) is 0 Å². The smallest absolute Gasteiger partial charge is 0.269 e. The number of rotatable bonds is 4. The molecule has 1 fully saturated rings. The molecule has 1 saturated heterocycles. The molecular formula is C13H21N5O. The molecule has 0 aliphatic carbocycles. The van der Waals surface area contributed by atoms with Crippen molar-refractivity contribution in [1.29, 1.82) is 0 Å². The number of hydrogen-bond acceptors (Lipinski definition) is 5. The van der Waals surface area contributed by atoms with Crippen LogP contribution in [0, 0.1) is 5.92 Å². The standard InChI is InChI=1S/C13H21N5O/c1-18-6-3-10(4-7-18)9-16-13(19)12-8-11(17-14)2-5-15-12/h2,5,8,10H,3-4,6-7,9,14H2,1H3,(H,15,17)(H,16,19). The lowest BCUT2D eigenvalue weighted by atomic mass is 9.97. The van der Waals surface area contributed by atoms with Crippen LogP contribution in [0.5, 0.6) is 0 Å². The lowest BCUT2D eigenvalue weighted by Crippen LogP contribution is -2.37. The molecule has 0 spiro atoms. The molecule has 2 rings (SSSR count). The van der Waals surface area contributed by atoms with E-state index in [1.54, 1.807) is 18.3 Å². The van der Waals surface area contributed by atoms with Crippen LogP contribution in [0.15, 0.2) is 18.3 Å². The zero-order chi connectivity index (χ0) is 13.7. The topological polar surface area (TPSA) is 83.3 Å². The van der Waals surface area contributed by atoms with E-state index in [9.17, 15) is 4.79 Å². The zero-order valence-corrected chi connectivity index (χ0v) is 11.2. The van der Waals surface area contributed by atoms with Gasteiger partial charge in [0.15, 0.2) is 0 Å². The van der Waals surface area contributed by atoms with E-state index < -0.39 is 0 Å². The average Bonchev–Trinajstić information content (AvgIpc) is 2.46. The number of nitrogen functional groups attached to an aromatic ring is 1. The first-order valence-electron chi connectivity index (χ1n) is 6.58. The first kappa shape index (κ1) is 13.8. The molecule has 1 amide bonds. The normalized spacial score (nSPS) is 17.2. The highest BCUT2D eigenvalue weighted by atomic mass is 16.1. The van der Waals surface area contributed by atoms with Crippen molar-refractivity contribution in [3.8, 4) is 0 Å². The molecule has 0 aromatic carbocycles. The number of carbonyl (C=O) groups excluding carboxylic acids is 1. The van der Waals surface area contributed by atoms with Crippen molar-refractivity contribution in [2.45, 2.75) is 12.8 Å². The highest BCUT2D eigenvalue weighted by Gasteiger charge is 2.17. The minimum absolute atomic E-state index is 0.143. The van der Waals surface area contributed by atoms with E-state index >= 15 is 0 Å². The first-order chi connectivity index (χ1) is 9.19. The summed E-state index contributed by atoms with van der Waals surface area (Å²) >= 11 is 0. The van der Waals surface area contributed by atoms with Crippen molar-refractivity contribution in [2.24, 2.45) is 11.8 Å². The number of carbonyl (C=O) groups is 1. The van der Waals surface area contributed by atoms with Gasteiger partial charge in [-0.15, -0.1) is 0 Å². The Hall–Kier alpha value is -1.66. The van der Waals surface area contributed by atoms with E-state index in [2.05, 4.69) is 27.7 Å². The molecule has 0 radical (unpaired) electrons. The number of nitrogens with one attached hydrogen (secondary N) is 2. The summed E-state index contributed by atoms with van der Waals surface area (Å²) in [6.07, 6.45) is 3.84. The highest BCUT2D eigenvalue weighted by molar-refractivity contribution is 5.93. The van der Waals surface area contributed by atoms with E-state index in [0.717, 1.165) is 25.9 Å². The van der Waals surface area contributed by atoms with Crippen LogP contribution in [-0.4, -0.2) is 42.5 Å². The van der Waals surface area contributed by atoms with Gasteiger partial charge in [-0.25, -0.2) is 0 Å². The minimum atomic E-state index is -0.143. The van der Waals surface area contributed by atoms with Crippen molar-refractivity contribution in [3.05, 3.63) is 24.0 Å². The third-order valence-electron chi connectivity index (χ3n) is 3.55. The van der Waals surface area contributed by atoms with Crippen LogP contribution in [0.25, 0.3) is 0 Å². The van der Waals surface area contributed by atoms with Gasteiger partial charge in [0.1, 0.15) is 5.69 Å². The fourth-order valence-electron chi connectivity index (χ4n) is 2.24. The Labute approximate surface area is 113 Å². The predicted octanol–water partition coefficient (Wildman–Crippen LogP) is 0.439. The molecular weight excluding hydrogens is 242 g/mol. The van der Waals surface area contributed by atoms with Crippen molar-refractivity contribution in [3.63, 3.8) is 0 Å². The summed E-state index contributed by atoms with van der Waals surface area (Å²) < 4.78 is 0. The van der Waals surface area contributed by atoms with Crippen molar-refractivity contribution in [2.75, 3.05) is 32.1 Å². The summed E-state index contributed by atoms with van der Waals surface area (Å²) in [7, 11) is 2.13. The summed E-state index contributed by atoms with van der Waals surface area (Å²) in [5.74, 6) is 5.73. The molecule has 6 heteroatoms. The van der Waals surface area contributed by atoms with Gasteiger partial charge >= 0.3 is 0 Å². The second-order valence-corrected chi connectivity index (χ2v) is 5.03. The molecule has 0 bridgehead atoms. The average molecular weight is 263 g/mol. The van der Waals surface area contributed by atoms with Gasteiger partial charge in [-0.2, -0.15) is 0 Å². The van der Waals surface area contributed by atoms with Crippen molar-refractivity contribution >= 4 is 11.6 Å². The van der Waals surface area contributed by atoms with E-state index in [0.29, 0.717) is 23.8 Å². The molecule has 0 saturated carbocycles. The number of piperidine rings is 1. The molecule has 6 nitrogen and oxygen atoms in total. The number of aromatic nitrogens is 1. The quantitative estimate of drug-likeness (QED) is 0.542. The molecule has 19 heavy (non-hydrogen) atoms. The molecule has 1 aromatic rings. The zero-order valence-electron chi connectivity index (χ0n) is 11.2. The van der Waals surface area contributed by atoms with Gasteiger partial charge in [-0.1, -0.05) is 0 Å². The molecule has 1 aliphatic heterocycles. The fourth-order valence-corrected chi connectivity index (χ4v) is 2.24. The highest BCUT2D eigenvalue weighted by Crippen LogP contribution is 2.15. The maximum Gasteiger partial charge on any atom is 0.269 e. The summed E-state index contributed by atoms with van der Waals surface area (Å²) in [6.45, 7) is 2.92. The van der Waals surface area contributed by atoms with Crippen LogP contribution in [0.4, 0.5) is 5.69 Å². The molecule has 2 heterocycles. The minimum Gasteiger partial charge on any atom is -0.350 e. The van der Waals surface area contributed by atoms with Crippen LogP contribution in [-0.2, 0) is 0 Å². The van der Waals surface area contributed by atoms with E-state index in [-0.39, 0.29) is 5.91 Å². The van der Waals surface area contributed by atoms with Gasteiger partial charge < -0.3 is 15.6 Å². The Kier molecular flexibility index (Phi) is 4.70. The second kappa shape index (κ2) is 6.49. The largest absolute Gasteiger partial charge is 0.350 e. The molecule has 0 unspecified atom stereocenters. The van der Waals surface area contributed by atoms with Crippen LogP contribution < -0.4 is 16.6 Å². The SMILES string of the molecule is CN1CCC(CNC(=O)c2cc(NN)ccn2)CC1. The monoisotopic (exact) mass is 263 g/mol. The third-order valence-corrected chi connectivity index (χ3v) is 3.55. The molecule has 1 aromatic heterocycles. The van der Waals surface area contributed by atoms with Gasteiger partial charge in [-0.05, 0) is 51.0 Å². The number of nitrogens with two attached hydrogens (primary N) is 1. The number of hydrogen-bond donors (Lipinski definition) is 3. The number of pyridine rings is 1. The molecule has 1 aliphatic rings. The van der Waals surface area contributed by atoms with Gasteiger partial charge in [0.2, 0.25) is 0 Å². The van der Waals surface area contributed by atoms with E-state index in [1.165, 1.54) is 0 Å². The van der Waals surface area contributed by atoms with Crippen LogP contribution in [0.3, 0.4) is 0 Å². The Balaban J connectivity index is 1.83. The lowest BCUT2D eigenvalue weighted by molar-refractivity contribution is 0.0934. The van der Waals surface area contributed by atoms with Gasteiger partial charge in [0, 0.05) is 12.7 Å². The number of likely N-dealkylation sites (tertiary alicyclic amines) is 1. The molecule has 4 N–H and O–H groups in total. The Morgan fingerprint density at radius 1 is 1.53 bits per heavy atom. The summed E-state index contributed by atoms with van der Waals surface area (Å²) in [5.41, 5.74) is 3.58. The van der Waals surface area contributed by atoms with Crippen molar-refractivity contribution < 1.29 is 4.79 Å². The van der Waals surface area contributed by atoms with Crippen LogP contribution in [0.2, 0.25) is 0 Å². The maximum atomic E-state index is 12.0. The summed E-state index contributed by atoms with van der Waals surface area (Å²) in [5, 5.41) is 2.95. The summed E-state index contributed by atoms with van der Waals surface area (Å²) in [4.78, 5) is 18.3. The van der Waals surface area contributed by atoms with Crippen LogP contribution in [0.1, 0.15) is 23.3 Å². The fraction of sp³-hybridized carbons (Fsp3) is 0.538. The van der Waals surface area contributed by atoms with Gasteiger partial charge in [0.05, 0.1) is 5.69 Å². The van der Waals surface area contributed by atoms with E-state index in [4.69, 9.17) is 5.84 Å². The second-order valence-electron chi connectivity index (χ2n) is 5.03. The number of amides is 1. The molecule has 104 valence electrons. The lowest BCUT2D eigenvalue weighted by Gasteiger charge is -2.28. The first-order valence-corrected chi connectivity index (χ1v) is 6.58. The Bertz CT molecular complexity index is 429. The predicted molar refractivity (Wildman–Crippen MR) is 74.6 cm³/mol. The Morgan fingerprint density at radius 2 is 2.26 bits per heavy atom. The third kappa shape index (κ3) is 3.90. The Morgan fingerprint density at radius 3 is 2.95 bits per heavy atom. The maximum absolute atomic E-state index is 12.0. The number of nitrogens with zero attached hydrogens (tertiary/aromatic N) is 2. The van der Waals surface area contributed by atoms with Gasteiger partial charge in [0.25, 0.3) is 5.91 Å². The molecule has 0 atom stereocenters. The van der Waals surface area contributed by atoms with Crippen LogP contribution >= 0.6 is 0 Å². The number of anilines is 1.